The van der Waals surface area contributed by atoms with E-state index in [9.17, 15) is 4.39 Å². The van der Waals surface area contributed by atoms with Crippen LogP contribution in [0.4, 0.5) is 10.1 Å². The molecule has 0 atom stereocenters. The van der Waals surface area contributed by atoms with Crippen molar-refractivity contribution in [2.75, 3.05) is 5.73 Å². The minimum atomic E-state index is -0.371. The molecule has 4 heteroatoms. The van der Waals surface area contributed by atoms with Crippen LogP contribution in [-0.4, -0.2) is 4.98 Å². The smallest absolute Gasteiger partial charge is 0.170 e. The van der Waals surface area contributed by atoms with Crippen molar-refractivity contribution in [3.8, 4) is 11.5 Å². The molecule has 0 amide bonds. The van der Waals surface area contributed by atoms with Gasteiger partial charge in [-0.3, -0.25) is 4.98 Å². The van der Waals surface area contributed by atoms with Crippen LogP contribution < -0.4 is 5.73 Å². The van der Waals surface area contributed by atoms with Crippen molar-refractivity contribution in [1.29, 1.82) is 0 Å². The topological polar surface area (TPSA) is 52.0 Å². The summed E-state index contributed by atoms with van der Waals surface area (Å²) in [7, 11) is 0. The van der Waals surface area contributed by atoms with Gasteiger partial charge >= 0.3 is 0 Å². The second kappa shape index (κ2) is 3.59. The van der Waals surface area contributed by atoms with Gasteiger partial charge in [-0.15, -0.1) is 0 Å². The summed E-state index contributed by atoms with van der Waals surface area (Å²) in [6.45, 7) is 0. The SMILES string of the molecule is Nc1ccc(-c2cc3cccc(F)c3o2)nc1. The van der Waals surface area contributed by atoms with Crippen LogP contribution in [0.3, 0.4) is 0 Å². The molecule has 0 unspecified atom stereocenters. The zero-order valence-corrected chi connectivity index (χ0v) is 8.85. The van der Waals surface area contributed by atoms with Gasteiger partial charge in [-0.1, -0.05) is 12.1 Å². The van der Waals surface area contributed by atoms with E-state index in [0.717, 1.165) is 5.39 Å². The molecular weight excluding hydrogens is 219 g/mol. The predicted octanol–water partition coefficient (Wildman–Crippen LogP) is 3.22. The third kappa shape index (κ3) is 1.63. The number of nitrogens with zero attached hydrogens (tertiary/aromatic N) is 1. The number of pyridine rings is 1. The number of hydrogen-bond acceptors (Lipinski definition) is 3. The molecule has 0 aliphatic carbocycles. The van der Waals surface area contributed by atoms with Gasteiger partial charge in [0.1, 0.15) is 5.69 Å². The number of nitrogen functional groups attached to an aromatic ring is 1. The standard InChI is InChI=1S/C13H9FN2O/c14-10-3-1-2-8-6-12(17-13(8)10)11-5-4-9(15)7-16-11/h1-7H,15H2. The van der Waals surface area contributed by atoms with Crippen molar-refractivity contribution >= 4 is 16.7 Å². The lowest BCUT2D eigenvalue weighted by atomic mass is 10.2. The number of aromatic nitrogens is 1. The van der Waals surface area contributed by atoms with E-state index in [-0.39, 0.29) is 11.4 Å². The third-order valence-electron chi connectivity index (χ3n) is 2.53. The number of benzene rings is 1. The largest absolute Gasteiger partial charge is 0.451 e. The number of rotatable bonds is 1. The monoisotopic (exact) mass is 228 g/mol. The second-order valence-corrected chi connectivity index (χ2v) is 3.75. The van der Waals surface area contributed by atoms with E-state index in [2.05, 4.69) is 4.98 Å². The van der Waals surface area contributed by atoms with E-state index in [1.54, 1.807) is 36.5 Å². The van der Waals surface area contributed by atoms with Crippen LogP contribution in [0.1, 0.15) is 0 Å². The van der Waals surface area contributed by atoms with Crippen molar-refractivity contribution in [3.63, 3.8) is 0 Å². The van der Waals surface area contributed by atoms with Crippen molar-refractivity contribution in [2.45, 2.75) is 0 Å². The van der Waals surface area contributed by atoms with Gasteiger partial charge in [0, 0.05) is 5.39 Å². The van der Waals surface area contributed by atoms with Crippen molar-refractivity contribution in [1.82, 2.24) is 4.98 Å². The molecule has 3 aromatic rings. The van der Waals surface area contributed by atoms with Crippen LogP contribution in [0, 0.1) is 5.82 Å². The maximum Gasteiger partial charge on any atom is 0.170 e. The zero-order valence-electron chi connectivity index (χ0n) is 8.85. The fraction of sp³-hybridized carbons (Fsp3) is 0. The lowest BCUT2D eigenvalue weighted by molar-refractivity contribution is 0.567. The first-order valence-corrected chi connectivity index (χ1v) is 5.14. The van der Waals surface area contributed by atoms with E-state index < -0.39 is 0 Å². The third-order valence-corrected chi connectivity index (χ3v) is 2.53. The average molecular weight is 228 g/mol. The quantitative estimate of drug-likeness (QED) is 0.695. The van der Waals surface area contributed by atoms with Crippen LogP contribution >= 0.6 is 0 Å². The summed E-state index contributed by atoms with van der Waals surface area (Å²) in [5.41, 5.74) is 7.02. The molecule has 0 aliphatic rings. The minimum absolute atomic E-state index is 0.251. The van der Waals surface area contributed by atoms with E-state index in [0.29, 0.717) is 17.1 Å². The summed E-state index contributed by atoms with van der Waals surface area (Å²) in [6, 6.07) is 10.0. The maximum absolute atomic E-state index is 13.4. The summed E-state index contributed by atoms with van der Waals surface area (Å²) < 4.78 is 18.9. The summed E-state index contributed by atoms with van der Waals surface area (Å²) in [4.78, 5) is 4.13. The molecule has 2 N–H and O–H groups in total. The number of hydrogen-bond donors (Lipinski definition) is 1. The number of anilines is 1. The van der Waals surface area contributed by atoms with Gasteiger partial charge < -0.3 is 10.2 Å². The van der Waals surface area contributed by atoms with Crippen molar-refractivity contribution in [2.24, 2.45) is 0 Å². The Morgan fingerprint density at radius 2 is 2.06 bits per heavy atom. The first-order valence-electron chi connectivity index (χ1n) is 5.14. The first kappa shape index (κ1) is 9.84. The molecule has 2 heterocycles. The average Bonchev–Trinajstić information content (AvgIpc) is 2.75. The minimum Gasteiger partial charge on any atom is -0.451 e. The van der Waals surface area contributed by atoms with Gasteiger partial charge in [0.2, 0.25) is 0 Å². The van der Waals surface area contributed by atoms with Gasteiger partial charge in [0.25, 0.3) is 0 Å². The number of halogens is 1. The Morgan fingerprint density at radius 1 is 1.18 bits per heavy atom. The molecule has 0 fully saturated rings. The van der Waals surface area contributed by atoms with Gasteiger partial charge in [-0.25, -0.2) is 4.39 Å². The number of nitrogens with two attached hydrogens (primary N) is 1. The van der Waals surface area contributed by atoms with Crippen LogP contribution in [0.15, 0.2) is 47.0 Å². The molecule has 2 aromatic heterocycles. The van der Waals surface area contributed by atoms with Crippen LogP contribution in [0.5, 0.6) is 0 Å². The molecule has 0 spiro atoms. The molecule has 1 aromatic carbocycles. The van der Waals surface area contributed by atoms with Gasteiger partial charge in [0.05, 0.1) is 11.9 Å². The molecule has 0 saturated carbocycles. The highest BCUT2D eigenvalue weighted by Crippen LogP contribution is 2.28. The highest BCUT2D eigenvalue weighted by molar-refractivity contribution is 5.82. The molecule has 0 aliphatic heterocycles. The Balaban J connectivity index is 2.18. The lowest BCUT2D eigenvalue weighted by Gasteiger charge is -1.95. The molecule has 3 rings (SSSR count). The molecule has 17 heavy (non-hydrogen) atoms. The fourth-order valence-corrected chi connectivity index (χ4v) is 1.70. The first-order chi connectivity index (χ1) is 8.24. The fourth-order valence-electron chi connectivity index (χ4n) is 1.70. The predicted molar refractivity (Wildman–Crippen MR) is 63.8 cm³/mol. The normalized spacial score (nSPS) is 10.9. The van der Waals surface area contributed by atoms with Crippen molar-refractivity contribution in [3.05, 3.63) is 48.4 Å². The molecule has 3 nitrogen and oxygen atoms in total. The van der Waals surface area contributed by atoms with Crippen LogP contribution in [0.2, 0.25) is 0 Å². The van der Waals surface area contributed by atoms with Crippen molar-refractivity contribution < 1.29 is 8.81 Å². The highest BCUT2D eigenvalue weighted by atomic mass is 19.1. The maximum atomic E-state index is 13.4. The Kier molecular flexibility index (Phi) is 2.08. The molecular formula is C13H9FN2O. The lowest BCUT2D eigenvalue weighted by Crippen LogP contribution is -1.86. The number of para-hydroxylation sites is 1. The number of fused-ring (bicyclic) bond motifs is 1. The summed E-state index contributed by atoms with van der Waals surface area (Å²) in [5.74, 6) is 0.161. The van der Waals surface area contributed by atoms with E-state index in [4.69, 9.17) is 10.2 Å². The zero-order chi connectivity index (χ0) is 11.8. The Labute approximate surface area is 96.7 Å². The van der Waals surface area contributed by atoms with E-state index in [1.165, 1.54) is 6.07 Å². The van der Waals surface area contributed by atoms with Crippen LogP contribution in [0.25, 0.3) is 22.4 Å². The Bertz CT molecular complexity index is 673. The Hall–Kier alpha value is -2.36. The molecule has 0 radical (unpaired) electrons. The summed E-state index contributed by atoms with van der Waals surface area (Å²) in [6.07, 6.45) is 1.54. The van der Waals surface area contributed by atoms with Crippen LogP contribution in [-0.2, 0) is 0 Å². The van der Waals surface area contributed by atoms with E-state index in [1.807, 2.05) is 0 Å². The van der Waals surface area contributed by atoms with Gasteiger partial charge in [-0.2, -0.15) is 0 Å². The molecule has 84 valence electrons. The van der Waals surface area contributed by atoms with Gasteiger partial charge in [0.15, 0.2) is 17.2 Å². The molecule has 0 bridgehead atoms. The van der Waals surface area contributed by atoms with E-state index >= 15 is 0 Å². The summed E-state index contributed by atoms with van der Waals surface area (Å²) >= 11 is 0. The molecule has 0 saturated heterocycles. The summed E-state index contributed by atoms with van der Waals surface area (Å²) in [5, 5.41) is 0.721. The highest BCUT2D eigenvalue weighted by Gasteiger charge is 2.10. The van der Waals surface area contributed by atoms with Gasteiger partial charge in [-0.05, 0) is 24.3 Å². The Morgan fingerprint density at radius 3 is 2.76 bits per heavy atom. The number of furan rings is 1. The second-order valence-electron chi connectivity index (χ2n) is 3.75.